The SMILES string of the molecule is Cc1cc(C)cc(N(CC(C)C)S(=O)(=O)c2ccc(OCC3CNC3)cc2)c1. The highest BCUT2D eigenvalue weighted by molar-refractivity contribution is 7.92. The van der Waals surface area contributed by atoms with Crippen molar-refractivity contribution < 1.29 is 13.2 Å². The first-order chi connectivity index (χ1) is 13.3. The van der Waals surface area contributed by atoms with E-state index in [0.29, 0.717) is 30.5 Å². The number of nitrogens with zero attached hydrogens (tertiary/aromatic N) is 1. The third-order valence-corrected chi connectivity index (χ3v) is 6.60. The second-order valence-electron chi connectivity index (χ2n) is 8.08. The topological polar surface area (TPSA) is 58.6 Å². The summed E-state index contributed by atoms with van der Waals surface area (Å²) < 4.78 is 34.1. The standard InChI is InChI=1S/C22H30N2O3S/c1-16(2)14-24(20-10-17(3)9-18(4)11-20)28(25,26)22-7-5-21(6-8-22)27-15-19-12-23-13-19/h5-11,16,19,23H,12-15H2,1-4H3. The smallest absolute Gasteiger partial charge is 0.264 e. The molecule has 1 fully saturated rings. The monoisotopic (exact) mass is 402 g/mol. The number of rotatable bonds is 8. The van der Waals surface area contributed by atoms with Crippen LogP contribution in [0.25, 0.3) is 0 Å². The highest BCUT2D eigenvalue weighted by Crippen LogP contribution is 2.28. The fourth-order valence-corrected chi connectivity index (χ4v) is 4.90. The van der Waals surface area contributed by atoms with Gasteiger partial charge in [0.05, 0.1) is 17.2 Å². The molecule has 0 saturated carbocycles. The molecule has 0 radical (unpaired) electrons. The second-order valence-corrected chi connectivity index (χ2v) is 9.94. The van der Waals surface area contributed by atoms with Gasteiger partial charge >= 0.3 is 0 Å². The molecule has 0 atom stereocenters. The fraction of sp³-hybridized carbons (Fsp3) is 0.455. The van der Waals surface area contributed by atoms with E-state index in [0.717, 1.165) is 24.2 Å². The molecule has 0 amide bonds. The van der Waals surface area contributed by atoms with Crippen molar-refractivity contribution in [1.82, 2.24) is 5.32 Å². The van der Waals surface area contributed by atoms with Crippen LogP contribution in [0.15, 0.2) is 47.4 Å². The van der Waals surface area contributed by atoms with Gasteiger partial charge in [0.1, 0.15) is 5.75 Å². The summed E-state index contributed by atoms with van der Waals surface area (Å²) >= 11 is 0. The zero-order valence-electron chi connectivity index (χ0n) is 17.1. The van der Waals surface area contributed by atoms with Crippen molar-refractivity contribution in [3.8, 4) is 5.75 Å². The van der Waals surface area contributed by atoms with Crippen LogP contribution in [0, 0.1) is 25.7 Å². The van der Waals surface area contributed by atoms with Crippen molar-refractivity contribution >= 4 is 15.7 Å². The number of ether oxygens (including phenoxy) is 1. The van der Waals surface area contributed by atoms with Crippen molar-refractivity contribution in [3.05, 3.63) is 53.6 Å². The van der Waals surface area contributed by atoms with Gasteiger partial charge in [-0.1, -0.05) is 19.9 Å². The lowest BCUT2D eigenvalue weighted by atomic mass is 10.1. The first-order valence-electron chi connectivity index (χ1n) is 9.80. The maximum Gasteiger partial charge on any atom is 0.264 e. The molecule has 0 spiro atoms. The predicted molar refractivity (Wildman–Crippen MR) is 114 cm³/mol. The average Bonchev–Trinajstić information content (AvgIpc) is 2.57. The van der Waals surface area contributed by atoms with E-state index in [2.05, 4.69) is 5.32 Å². The number of sulfonamides is 1. The van der Waals surface area contributed by atoms with E-state index < -0.39 is 10.0 Å². The fourth-order valence-electron chi connectivity index (χ4n) is 3.28. The second kappa shape index (κ2) is 8.53. The number of aryl methyl sites for hydroxylation is 2. The Morgan fingerprint density at radius 2 is 1.68 bits per heavy atom. The van der Waals surface area contributed by atoms with Crippen molar-refractivity contribution in [2.45, 2.75) is 32.6 Å². The summed E-state index contributed by atoms with van der Waals surface area (Å²) in [5, 5.41) is 3.21. The molecule has 0 bridgehead atoms. The molecule has 1 aliphatic rings. The lowest BCUT2D eigenvalue weighted by molar-refractivity contribution is 0.199. The third kappa shape index (κ3) is 4.86. The number of benzene rings is 2. The lowest BCUT2D eigenvalue weighted by Gasteiger charge is -2.27. The van der Waals surface area contributed by atoms with Crippen molar-refractivity contribution in [1.29, 1.82) is 0 Å². The largest absolute Gasteiger partial charge is 0.493 e. The Labute approximate surface area is 168 Å². The molecule has 1 N–H and O–H groups in total. The minimum absolute atomic E-state index is 0.203. The van der Waals surface area contributed by atoms with Crippen LogP contribution in [0.3, 0.4) is 0 Å². The van der Waals surface area contributed by atoms with E-state index in [4.69, 9.17) is 4.74 Å². The van der Waals surface area contributed by atoms with Gasteiger partial charge < -0.3 is 10.1 Å². The maximum absolute atomic E-state index is 13.4. The Hall–Kier alpha value is -2.05. The number of anilines is 1. The maximum atomic E-state index is 13.4. The minimum Gasteiger partial charge on any atom is -0.493 e. The summed E-state index contributed by atoms with van der Waals surface area (Å²) in [7, 11) is -3.66. The van der Waals surface area contributed by atoms with Crippen LogP contribution in [-0.2, 0) is 10.0 Å². The van der Waals surface area contributed by atoms with Gasteiger partial charge in [0.15, 0.2) is 0 Å². The summed E-state index contributed by atoms with van der Waals surface area (Å²) in [6.07, 6.45) is 0. The van der Waals surface area contributed by atoms with E-state index in [1.807, 2.05) is 45.9 Å². The molecule has 1 saturated heterocycles. The molecule has 0 aromatic heterocycles. The number of hydrogen-bond acceptors (Lipinski definition) is 4. The highest BCUT2D eigenvalue weighted by atomic mass is 32.2. The molecule has 1 heterocycles. The van der Waals surface area contributed by atoms with E-state index >= 15 is 0 Å². The van der Waals surface area contributed by atoms with Gasteiger partial charge in [0, 0.05) is 25.6 Å². The quantitative estimate of drug-likeness (QED) is 0.731. The normalized spacial score (nSPS) is 14.8. The molecule has 0 unspecified atom stereocenters. The van der Waals surface area contributed by atoms with Crippen molar-refractivity contribution in [2.75, 3.05) is 30.5 Å². The van der Waals surface area contributed by atoms with Crippen molar-refractivity contribution in [2.24, 2.45) is 11.8 Å². The lowest BCUT2D eigenvalue weighted by Crippen LogP contribution is -2.45. The number of nitrogens with one attached hydrogen (secondary N) is 1. The van der Waals surface area contributed by atoms with Crippen LogP contribution in [-0.4, -0.2) is 34.7 Å². The molecule has 2 aromatic rings. The van der Waals surface area contributed by atoms with Crippen LogP contribution < -0.4 is 14.4 Å². The molecule has 6 heteroatoms. The molecular formula is C22H30N2O3S. The van der Waals surface area contributed by atoms with Gasteiger partial charge in [-0.3, -0.25) is 4.31 Å². The van der Waals surface area contributed by atoms with Gasteiger partial charge in [-0.15, -0.1) is 0 Å². The Morgan fingerprint density at radius 1 is 1.07 bits per heavy atom. The first kappa shape index (κ1) is 20.7. The van der Waals surface area contributed by atoms with E-state index in [9.17, 15) is 8.42 Å². The Kier molecular flexibility index (Phi) is 6.30. The van der Waals surface area contributed by atoms with E-state index in [-0.39, 0.29) is 10.8 Å². The summed E-state index contributed by atoms with van der Waals surface area (Å²) in [4.78, 5) is 0.282. The summed E-state index contributed by atoms with van der Waals surface area (Å²) in [6, 6.07) is 12.7. The van der Waals surface area contributed by atoms with Crippen LogP contribution in [0.5, 0.6) is 5.75 Å². The Morgan fingerprint density at radius 3 is 2.18 bits per heavy atom. The molecule has 5 nitrogen and oxygen atoms in total. The van der Waals surface area contributed by atoms with Crippen LogP contribution in [0.4, 0.5) is 5.69 Å². The van der Waals surface area contributed by atoms with Gasteiger partial charge in [-0.2, -0.15) is 0 Å². The number of hydrogen-bond donors (Lipinski definition) is 1. The highest BCUT2D eigenvalue weighted by Gasteiger charge is 2.26. The minimum atomic E-state index is -3.66. The summed E-state index contributed by atoms with van der Waals surface area (Å²) in [5.41, 5.74) is 2.81. The van der Waals surface area contributed by atoms with Crippen LogP contribution in [0.2, 0.25) is 0 Å². The molecule has 1 aliphatic heterocycles. The molecule has 3 rings (SSSR count). The third-order valence-electron chi connectivity index (χ3n) is 4.79. The first-order valence-corrected chi connectivity index (χ1v) is 11.2. The molecule has 152 valence electrons. The average molecular weight is 403 g/mol. The Bertz CT molecular complexity index is 884. The van der Waals surface area contributed by atoms with Crippen molar-refractivity contribution in [3.63, 3.8) is 0 Å². The predicted octanol–water partition coefficient (Wildman–Crippen LogP) is 3.75. The summed E-state index contributed by atoms with van der Waals surface area (Å²) in [6.45, 7) is 11.1. The summed E-state index contributed by atoms with van der Waals surface area (Å²) in [5.74, 6) is 1.44. The van der Waals surface area contributed by atoms with Gasteiger partial charge in [0.25, 0.3) is 10.0 Å². The zero-order valence-corrected chi connectivity index (χ0v) is 17.9. The molecule has 28 heavy (non-hydrogen) atoms. The van der Waals surface area contributed by atoms with Gasteiger partial charge in [-0.05, 0) is 67.3 Å². The molecule has 0 aliphatic carbocycles. The van der Waals surface area contributed by atoms with Crippen LogP contribution >= 0.6 is 0 Å². The van der Waals surface area contributed by atoms with E-state index in [1.165, 1.54) is 4.31 Å². The van der Waals surface area contributed by atoms with Gasteiger partial charge in [0.2, 0.25) is 0 Å². The van der Waals surface area contributed by atoms with Gasteiger partial charge in [-0.25, -0.2) is 8.42 Å². The molecular weight excluding hydrogens is 372 g/mol. The van der Waals surface area contributed by atoms with E-state index in [1.54, 1.807) is 24.3 Å². The molecule has 2 aromatic carbocycles. The van der Waals surface area contributed by atoms with Crippen LogP contribution in [0.1, 0.15) is 25.0 Å². The zero-order chi connectivity index (χ0) is 20.3. The Balaban J connectivity index is 1.85.